The first kappa shape index (κ1) is 14.9. The predicted molar refractivity (Wildman–Crippen MR) is 89.5 cm³/mol. The molecule has 110 valence electrons. The Hall–Kier alpha value is -1.03. The van der Waals surface area contributed by atoms with Crippen LogP contribution in [0.3, 0.4) is 0 Å². The van der Waals surface area contributed by atoms with E-state index in [9.17, 15) is 5.26 Å². The number of hydrogen-bond donors (Lipinski definition) is 0. The number of allylic oxidation sites excluding steroid dienone is 1. The highest BCUT2D eigenvalue weighted by Crippen LogP contribution is 2.42. The van der Waals surface area contributed by atoms with Crippen LogP contribution in [0.4, 0.5) is 0 Å². The fourth-order valence-corrected chi connectivity index (χ4v) is 4.96. The molecule has 2 unspecified atom stereocenters. The van der Waals surface area contributed by atoms with Gasteiger partial charge in [-0.3, -0.25) is 9.89 Å². The summed E-state index contributed by atoms with van der Waals surface area (Å²) in [5.74, 6) is 0.0479. The number of nitriles is 1. The Morgan fingerprint density at radius 2 is 2.38 bits per heavy atom. The lowest BCUT2D eigenvalue weighted by Gasteiger charge is -2.35. The minimum atomic E-state index is 0.0479. The van der Waals surface area contributed by atoms with E-state index in [1.54, 1.807) is 11.3 Å². The molecule has 6 heteroatoms. The van der Waals surface area contributed by atoms with Crippen molar-refractivity contribution < 1.29 is 0 Å². The summed E-state index contributed by atoms with van der Waals surface area (Å²) in [7, 11) is 2.10. The third-order valence-electron chi connectivity index (χ3n) is 4.06. The zero-order chi connectivity index (χ0) is 14.8. The minimum Gasteiger partial charge on any atom is -0.297 e. The summed E-state index contributed by atoms with van der Waals surface area (Å²) in [6.45, 7) is 1.75. The van der Waals surface area contributed by atoms with E-state index in [1.807, 2.05) is 6.21 Å². The number of likely N-dealkylation sites (tertiary alicyclic amines) is 1. The minimum absolute atomic E-state index is 0.0479. The fraction of sp³-hybridized carbons (Fsp3) is 0.533. The molecule has 1 fully saturated rings. The van der Waals surface area contributed by atoms with Gasteiger partial charge >= 0.3 is 0 Å². The highest BCUT2D eigenvalue weighted by molar-refractivity contribution is 9.10. The SMILES string of the molecule is CN1CCCC(C#N)C1c1sc(C2=CCC=NC2)nc1Br. The van der Waals surface area contributed by atoms with Crippen molar-refractivity contribution in [3.63, 3.8) is 0 Å². The average Bonchev–Trinajstić information content (AvgIpc) is 2.89. The molecule has 1 aromatic rings. The van der Waals surface area contributed by atoms with Crippen molar-refractivity contribution in [1.29, 1.82) is 5.26 Å². The highest BCUT2D eigenvalue weighted by atomic mass is 79.9. The maximum absolute atomic E-state index is 9.45. The number of hydrogen-bond acceptors (Lipinski definition) is 5. The summed E-state index contributed by atoms with van der Waals surface area (Å²) in [6.07, 6.45) is 7.07. The van der Waals surface area contributed by atoms with Gasteiger partial charge in [0.2, 0.25) is 0 Å². The van der Waals surface area contributed by atoms with E-state index in [-0.39, 0.29) is 12.0 Å². The number of aliphatic imine (C=N–C) groups is 1. The molecule has 0 N–H and O–H groups in total. The van der Waals surface area contributed by atoms with Crippen LogP contribution >= 0.6 is 27.3 Å². The summed E-state index contributed by atoms with van der Waals surface area (Å²) in [5, 5.41) is 10.5. The van der Waals surface area contributed by atoms with Crippen LogP contribution in [0.5, 0.6) is 0 Å². The standard InChI is InChI=1S/C15H17BrN4S/c1-20-7-3-5-10(8-17)12(20)13-14(16)19-15(21-13)11-4-2-6-18-9-11/h4,6,10,12H,2-3,5,7,9H2,1H3. The molecule has 2 aliphatic heterocycles. The van der Waals surface area contributed by atoms with E-state index < -0.39 is 0 Å². The monoisotopic (exact) mass is 364 g/mol. The Morgan fingerprint density at radius 3 is 3.10 bits per heavy atom. The predicted octanol–water partition coefficient (Wildman–Crippen LogP) is 3.67. The highest BCUT2D eigenvalue weighted by Gasteiger charge is 2.34. The molecule has 3 rings (SSSR count). The van der Waals surface area contributed by atoms with Crippen molar-refractivity contribution in [2.45, 2.75) is 25.3 Å². The van der Waals surface area contributed by atoms with Gasteiger partial charge in [-0.05, 0) is 42.4 Å². The second-order valence-electron chi connectivity index (χ2n) is 5.47. The summed E-state index contributed by atoms with van der Waals surface area (Å²) in [4.78, 5) is 12.5. The number of nitrogens with zero attached hydrogens (tertiary/aromatic N) is 4. The van der Waals surface area contributed by atoms with Crippen LogP contribution < -0.4 is 0 Å². The molecule has 0 aliphatic carbocycles. The molecule has 3 heterocycles. The lowest BCUT2D eigenvalue weighted by atomic mass is 9.90. The Kier molecular flexibility index (Phi) is 4.53. The van der Waals surface area contributed by atoms with Gasteiger partial charge in [-0.25, -0.2) is 4.98 Å². The lowest BCUT2D eigenvalue weighted by Crippen LogP contribution is -2.35. The summed E-state index contributed by atoms with van der Waals surface area (Å²) in [6, 6.07) is 2.63. The second kappa shape index (κ2) is 6.39. The van der Waals surface area contributed by atoms with Crippen molar-refractivity contribution in [1.82, 2.24) is 9.88 Å². The van der Waals surface area contributed by atoms with Crippen LogP contribution in [0.2, 0.25) is 0 Å². The third kappa shape index (κ3) is 2.96. The molecular weight excluding hydrogens is 348 g/mol. The van der Waals surface area contributed by atoms with E-state index in [0.717, 1.165) is 35.4 Å². The Balaban J connectivity index is 1.93. The molecule has 1 saturated heterocycles. The van der Waals surface area contributed by atoms with E-state index in [1.165, 1.54) is 10.5 Å². The van der Waals surface area contributed by atoms with Crippen LogP contribution in [-0.2, 0) is 0 Å². The maximum Gasteiger partial charge on any atom is 0.122 e. The number of rotatable bonds is 2. The van der Waals surface area contributed by atoms with Gasteiger partial charge in [0.05, 0.1) is 29.5 Å². The lowest BCUT2D eigenvalue weighted by molar-refractivity contribution is 0.152. The quantitative estimate of drug-likeness (QED) is 0.804. The Bertz CT molecular complexity index is 628. The zero-order valence-corrected chi connectivity index (χ0v) is 14.3. The van der Waals surface area contributed by atoms with Crippen LogP contribution in [0.25, 0.3) is 5.57 Å². The molecule has 0 spiro atoms. The smallest absolute Gasteiger partial charge is 0.122 e. The fourth-order valence-electron chi connectivity index (χ4n) is 2.97. The first-order valence-corrected chi connectivity index (χ1v) is 8.75. The number of aromatic nitrogens is 1. The van der Waals surface area contributed by atoms with Crippen LogP contribution in [0, 0.1) is 17.2 Å². The van der Waals surface area contributed by atoms with Crippen molar-refractivity contribution in [2.24, 2.45) is 10.9 Å². The van der Waals surface area contributed by atoms with Gasteiger partial charge < -0.3 is 0 Å². The number of piperidine rings is 1. The Morgan fingerprint density at radius 1 is 1.52 bits per heavy atom. The summed E-state index contributed by atoms with van der Waals surface area (Å²) < 4.78 is 0.886. The van der Waals surface area contributed by atoms with Crippen LogP contribution in [0.15, 0.2) is 15.7 Å². The average molecular weight is 365 g/mol. The normalized spacial score (nSPS) is 26.4. The molecule has 0 amide bonds. The van der Waals surface area contributed by atoms with Gasteiger partial charge in [0.25, 0.3) is 0 Å². The van der Waals surface area contributed by atoms with Gasteiger partial charge in [-0.1, -0.05) is 6.08 Å². The van der Waals surface area contributed by atoms with E-state index >= 15 is 0 Å². The first-order chi connectivity index (χ1) is 10.2. The number of halogens is 1. The molecule has 0 saturated carbocycles. The summed E-state index contributed by atoms with van der Waals surface area (Å²) >= 11 is 5.30. The van der Waals surface area contributed by atoms with E-state index in [0.29, 0.717) is 6.54 Å². The molecule has 2 aliphatic rings. The van der Waals surface area contributed by atoms with Crippen LogP contribution in [0.1, 0.15) is 35.2 Å². The third-order valence-corrected chi connectivity index (χ3v) is 6.13. The van der Waals surface area contributed by atoms with E-state index in [4.69, 9.17) is 0 Å². The topological polar surface area (TPSA) is 52.3 Å². The molecule has 0 aromatic carbocycles. The second-order valence-corrected chi connectivity index (χ2v) is 7.25. The van der Waals surface area contributed by atoms with Gasteiger partial charge in [-0.15, -0.1) is 11.3 Å². The maximum atomic E-state index is 9.45. The van der Waals surface area contributed by atoms with Crippen LogP contribution in [-0.4, -0.2) is 36.2 Å². The number of thiazole rings is 1. The van der Waals surface area contributed by atoms with Gasteiger partial charge in [-0.2, -0.15) is 5.26 Å². The summed E-state index contributed by atoms with van der Waals surface area (Å²) in [5.41, 5.74) is 1.20. The largest absolute Gasteiger partial charge is 0.297 e. The Labute approximate surface area is 137 Å². The van der Waals surface area contributed by atoms with Gasteiger partial charge in [0.15, 0.2) is 0 Å². The van der Waals surface area contributed by atoms with E-state index in [2.05, 4.69) is 50.0 Å². The zero-order valence-electron chi connectivity index (χ0n) is 11.9. The molecule has 21 heavy (non-hydrogen) atoms. The molecular formula is C15H17BrN4S. The molecule has 1 aromatic heterocycles. The van der Waals surface area contributed by atoms with Gasteiger partial charge in [0, 0.05) is 18.2 Å². The first-order valence-electron chi connectivity index (χ1n) is 7.14. The van der Waals surface area contributed by atoms with Crippen molar-refractivity contribution in [3.8, 4) is 6.07 Å². The van der Waals surface area contributed by atoms with Crippen molar-refractivity contribution in [3.05, 3.63) is 20.6 Å². The molecule has 4 nitrogen and oxygen atoms in total. The van der Waals surface area contributed by atoms with Crippen molar-refractivity contribution >= 4 is 39.1 Å². The van der Waals surface area contributed by atoms with Crippen molar-refractivity contribution in [2.75, 3.05) is 20.1 Å². The molecule has 0 bridgehead atoms. The molecule has 2 atom stereocenters. The molecule has 0 radical (unpaired) electrons. The van der Waals surface area contributed by atoms with Gasteiger partial charge in [0.1, 0.15) is 9.61 Å². The number of dihydropyridines is 1.